The van der Waals surface area contributed by atoms with Crippen LogP contribution in [0.25, 0.3) is 32.8 Å². The number of benzene rings is 2. The molecule has 0 aliphatic rings. The molecule has 112 valence electrons. The molecule has 4 aromatic rings. The monoisotopic (exact) mass is 339 g/mol. The number of aromatic nitrogens is 1. The molecule has 0 atom stereocenters. The molecule has 0 saturated heterocycles. The van der Waals surface area contributed by atoms with Gasteiger partial charge in [0.2, 0.25) is 0 Å². The van der Waals surface area contributed by atoms with Gasteiger partial charge in [0.15, 0.2) is 5.76 Å². The predicted octanol–water partition coefficient (Wildman–Crippen LogP) is 5.24. The van der Waals surface area contributed by atoms with E-state index in [1.54, 1.807) is 6.07 Å². The van der Waals surface area contributed by atoms with Gasteiger partial charge in [-0.05, 0) is 29.7 Å². The van der Waals surface area contributed by atoms with Crippen molar-refractivity contribution in [3.05, 3.63) is 75.4 Å². The van der Waals surface area contributed by atoms with Gasteiger partial charge in [0.25, 0.3) is 0 Å². The molecule has 0 unspecified atom stereocenters. The molecular formula is C18H10ClNO2S. The molecule has 0 spiro atoms. The zero-order valence-corrected chi connectivity index (χ0v) is 13.4. The van der Waals surface area contributed by atoms with Gasteiger partial charge in [0.1, 0.15) is 10.7 Å². The third-order valence-corrected chi connectivity index (χ3v) is 4.66. The maximum atomic E-state index is 12.1. The fourth-order valence-electron chi connectivity index (χ4n) is 2.37. The quantitative estimate of drug-likeness (QED) is 0.501. The first-order chi connectivity index (χ1) is 11.2. The number of halogens is 1. The molecule has 0 bridgehead atoms. The highest BCUT2D eigenvalue weighted by molar-refractivity contribution is 7.13. The van der Waals surface area contributed by atoms with E-state index < -0.39 is 0 Å². The van der Waals surface area contributed by atoms with Crippen molar-refractivity contribution < 1.29 is 4.42 Å². The zero-order valence-electron chi connectivity index (χ0n) is 11.8. The molecule has 4 rings (SSSR count). The van der Waals surface area contributed by atoms with Crippen LogP contribution >= 0.6 is 22.9 Å². The molecule has 0 saturated carbocycles. The summed E-state index contributed by atoms with van der Waals surface area (Å²) in [4.78, 5) is 16.7. The molecular weight excluding hydrogens is 330 g/mol. The average Bonchev–Trinajstić information content (AvgIpc) is 3.05. The predicted molar refractivity (Wildman–Crippen MR) is 94.0 cm³/mol. The van der Waals surface area contributed by atoms with Crippen molar-refractivity contribution in [3.8, 4) is 22.0 Å². The SMILES string of the molecule is O=c1oc(-c2csc(-c3ccc(Cl)cc3)n2)cc2ccccc12. The number of nitrogens with zero attached hydrogens (tertiary/aromatic N) is 1. The van der Waals surface area contributed by atoms with E-state index in [0.717, 1.165) is 16.0 Å². The summed E-state index contributed by atoms with van der Waals surface area (Å²) in [6, 6.07) is 16.7. The Kier molecular flexibility index (Phi) is 3.48. The van der Waals surface area contributed by atoms with Crippen molar-refractivity contribution in [1.29, 1.82) is 0 Å². The Bertz CT molecular complexity index is 1050. The van der Waals surface area contributed by atoms with E-state index in [1.807, 2.05) is 53.9 Å². The molecule has 0 fully saturated rings. The van der Waals surface area contributed by atoms with Crippen LogP contribution in [0.1, 0.15) is 0 Å². The van der Waals surface area contributed by atoms with Crippen molar-refractivity contribution >= 4 is 33.7 Å². The summed E-state index contributed by atoms with van der Waals surface area (Å²) in [7, 11) is 0. The molecule has 2 heterocycles. The number of rotatable bonds is 2. The lowest BCUT2D eigenvalue weighted by molar-refractivity contribution is 0.533. The Morgan fingerprint density at radius 1 is 1.04 bits per heavy atom. The number of fused-ring (bicyclic) bond motifs is 1. The minimum atomic E-state index is -0.348. The number of hydrogen-bond donors (Lipinski definition) is 0. The van der Waals surface area contributed by atoms with Crippen LogP contribution in [-0.4, -0.2) is 4.98 Å². The first-order valence-corrected chi connectivity index (χ1v) is 8.21. The lowest BCUT2D eigenvalue weighted by atomic mass is 10.1. The van der Waals surface area contributed by atoms with E-state index in [9.17, 15) is 4.79 Å². The van der Waals surface area contributed by atoms with Gasteiger partial charge in [0, 0.05) is 16.0 Å². The van der Waals surface area contributed by atoms with Crippen LogP contribution in [0, 0.1) is 0 Å². The first kappa shape index (κ1) is 14.2. The van der Waals surface area contributed by atoms with Crippen LogP contribution in [0.15, 0.2) is 69.2 Å². The summed E-state index contributed by atoms with van der Waals surface area (Å²) in [6.45, 7) is 0. The summed E-state index contributed by atoms with van der Waals surface area (Å²) in [5.41, 5.74) is 1.29. The summed E-state index contributed by atoms with van der Waals surface area (Å²) in [5.74, 6) is 0.477. The lowest BCUT2D eigenvalue weighted by Gasteiger charge is -1.99. The molecule has 0 N–H and O–H groups in total. The Morgan fingerprint density at radius 3 is 2.65 bits per heavy atom. The maximum absolute atomic E-state index is 12.1. The topological polar surface area (TPSA) is 43.1 Å². The summed E-state index contributed by atoms with van der Waals surface area (Å²) in [6.07, 6.45) is 0. The van der Waals surface area contributed by atoms with Gasteiger partial charge in [-0.3, -0.25) is 0 Å². The summed E-state index contributed by atoms with van der Waals surface area (Å²) >= 11 is 7.40. The van der Waals surface area contributed by atoms with E-state index in [1.165, 1.54) is 11.3 Å². The molecule has 23 heavy (non-hydrogen) atoms. The van der Waals surface area contributed by atoms with Crippen molar-refractivity contribution in [1.82, 2.24) is 4.98 Å². The van der Waals surface area contributed by atoms with Gasteiger partial charge in [-0.15, -0.1) is 11.3 Å². The van der Waals surface area contributed by atoms with Gasteiger partial charge in [-0.2, -0.15) is 0 Å². The highest BCUT2D eigenvalue weighted by Crippen LogP contribution is 2.30. The molecule has 2 aromatic carbocycles. The number of thiazole rings is 1. The van der Waals surface area contributed by atoms with Gasteiger partial charge in [0.05, 0.1) is 5.39 Å². The van der Waals surface area contributed by atoms with Gasteiger partial charge in [-0.25, -0.2) is 9.78 Å². The molecule has 2 aromatic heterocycles. The molecule has 0 aliphatic carbocycles. The standard InChI is InChI=1S/C18H10ClNO2S/c19-13-7-5-11(6-8-13)17-20-15(10-23-17)16-9-12-3-1-2-4-14(12)18(21)22-16/h1-10H. The van der Waals surface area contributed by atoms with Crippen LogP contribution in [0.3, 0.4) is 0 Å². The second-order valence-corrected chi connectivity index (χ2v) is 6.32. The molecule has 0 aliphatic heterocycles. The largest absolute Gasteiger partial charge is 0.421 e. The minimum absolute atomic E-state index is 0.348. The van der Waals surface area contributed by atoms with Crippen LogP contribution in [0.2, 0.25) is 5.02 Å². The van der Waals surface area contributed by atoms with Crippen molar-refractivity contribution in [2.24, 2.45) is 0 Å². The van der Waals surface area contributed by atoms with Gasteiger partial charge in [-0.1, -0.05) is 41.9 Å². The van der Waals surface area contributed by atoms with E-state index in [4.69, 9.17) is 16.0 Å². The van der Waals surface area contributed by atoms with Crippen molar-refractivity contribution in [2.75, 3.05) is 0 Å². The van der Waals surface area contributed by atoms with Gasteiger partial charge < -0.3 is 4.42 Å². The average molecular weight is 340 g/mol. The van der Waals surface area contributed by atoms with Crippen LogP contribution in [0.5, 0.6) is 0 Å². The fraction of sp³-hybridized carbons (Fsp3) is 0. The van der Waals surface area contributed by atoms with Crippen molar-refractivity contribution in [2.45, 2.75) is 0 Å². The zero-order chi connectivity index (χ0) is 15.8. The Labute approximate surface area is 140 Å². The van der Waals surface area contributed by atoms with Gasteiger partial charge >= 0.3 is 5.63 Å². The second-order valence-electron chi connectivity index (χ2n) is 5.03. The summed E-state index contributed by atoms with van der Waals surface area (Å²) in [5, 5.41) is 4.85. The molecule has 0 amide bonds. The maximum Gasteiger partial charge on any atom is 0.344 e. The van der Waals surface area contributed by atoms with E-state index >= 15 is 0 Å². The Hall–Kier alpha value is -2.43. The Balaban J connectivity index is 1.80. The summed E-state index contributed by atoms with van der Waals surface area (Å²) < 4.78 is 5.41. The normalized spacial score (nSPS) is 11.0. The Morgan fingerprint density at radius 2 is 1.83 bits per heavy atom. The third-order valence-electron chi connectivity index (χ3n) is 3.52. The molecule has 0 radical (unpaired) electrons. The van der Waals surface area contributed by atoms with Crippen LogP contribution in [0.4, 0.5) is 0 Å². The van der Waals surface area contributed by atoms with E-state index in [-0.39, 0.29) is 5.63 Å². The molecule has 3 nitrogen and oxygen atoms in total. The second kappa shape index (κ2) is 5.65. The lowest BCUT2D eigenvalue weighted by Crippen LogP contribution is -1.99. The highest BCUT2D eigenvalue weighted by Gasteiger charge is 2.11. The minimum Gasteiger partial charge on any atom is -0.421 e. The first-order valence-electron chi connectivity index (χ1n) is 6.95. The van der Waals surface area contributed by atoms with Crippen molar-refractivity contribution in [3.63, 3.8) is 0 Å². The number of hydrogen-bond acceptors (Lipinski definition) is 4. The fourth-order valence-corrected chi connectivity index (χ4v) is 3.31. The molecule has 5 heteroatoms. The smallest absolute Gasteiger partial charge is 0.344 e. The third kappa shape index (κ3) is 2.67. The van der Waals surface area contributed by atoms with E-state index in [0.29, 0.717) is 21.9 Å². The van der Waals surface area contributed by atoms with Crippen LogP contribution < -0.4 is 5.63 Å². The highest BCUT2D eigenvalue weighted by atomic mass is 35.5. The van der Waals surface area contributed by atoms with Crippen LogP contribution in [-0.2, 0) is 0 Å². The van der Waals surface area contributed by atoms with E-state index in [2.05, 4.69) is 4.98 Å².